The highest BCUT2D eigenvalue weighted by Gasteiger charge is 2.03. The Morgan fingerprint density at radius 3 is 2.67 bits per heavy atom. The van der Waals surface area contributed by atoms with Gasteiger partial charge in [0.2, 0.25) is 0 Å². The summed E-state index contributed by atoms with van der Waals surface area (Å²) in [6.45, 7) is 3.57. The summed E-state index contributed by atoms with van der Waals surface area (Å²) < 4.78 is 4.54. The lowest BCUT2D eigenvalue weighted by atomic mass is 10.4. The normalized spacial score (nSPS) is 11.1. The minimum atomic E-state index is -0.458. The molecule has 0 amide bonds. The van der Waals surface area contributed by atoms with Gasteiger partial charge >= 0.3 is 5.97 Å². The van der Waals surface area contributed by atoms with Crippen molar-refractivity contribution in [1.29, 1.82) is 0 Å². The van der Waals surface area contributed by atoms with Crippen molar-refractivity contribution in [2.75, 3.05) is 6.61 Å². The smallest absolute Gasteiger partial charge is 0.354 e. The van der Waals surface area contributed by atoms with E-state index in [4.69, 9.17) is 5.84 Å². The second-order valence-electron chi connectivity index (χ2n) is 1.43. The molecule has 0 heterocycles. The highest BCUT2D eigenvalue weighted by molar-refractivity contribution is 6.35. The molecule has 0 radical (unpaired) electrons. The number of carbonyl (C=O) groups is 1. The van der Waals surface area contributed by atoms with Crippen molar-refractivity contribution in [2.24, 2.45) is 10.9 Å². The Bertz CT molecular complexity index is 131. The Kier molecular flexibility index (Phi) is 3.43. The molecule has 0 aromatic rings. The van der Waals surface area contributed by atoms with E-state index in [-0.39, 0.29) is 5.71 Å². The average molecular weight is 130 g/mol. The summed E-state index contributed by atoms with van der Waals surface area (Å²) in [7, 11) is 0. The number of nitrogens with zero attached hydrogens (tertiary/aromatic N) is 1. The molecule has 9 heavy (non-hydrogen) atoms. The summed E-state index contributed by atoms with van der Waals surface area (Å²) in [5.74, 6) is 4.33. The van der Waals surface area contributed by atoms with Crippen LogP contribution in [0.1, 0.15) is 13.8 Å². The fourth-order valence-corrected chi connectivity index (χ4v) is 0.288. The molecule has 0 fully saturated rings. The van der Waals surface area contributed by atoms with Gasteiger partial charge in [-0.2, -0.15) is 5.10 Å². The number of carbonyl (C=O) groups excluding carboxylic acids is 1. The van der Waals surface area contributed by atoms with Crippen molar-refractivity contribution < 1.29 is 9.53 Å². The Balaban J connectivity index is 3.74. The van der Waals surface area contributed by atoms with Crippen LogP contribution in [0.4, 0.5) is 0 Å². The SMILES string of the molecule is CCOC(=O)/C(C)=N\N. The third kappa shape index (κ3) is 2.69. The van der Waals surface area contributed by atoms with Crippen LogP contribution in [0.5, 0.6) is 0 Å². The Labute approximate surface area is 53.7 Å². The van der Waals surface area contributed by atoms with Crippen LogP contribution in [0.15, 0.2) is 5.10 Å². The van der Waals surface area contributed by atoms with Gasteiger partial charge in [0.05, 0.1) is 6.61 Å². The fraction of sp³-hybridized carbons (Fsp3) is 0.600. The molecule has 0 aliphatic heterocycles. The first-order valence-corrected chi connectivity index (χ1v) is 2.64. The maximum absolute atomic E-state index is 10.5. The number of ether oxygens (including phenoxy) is 1. The monoisotopic (exact) mass is 130 g/mol. The molecule has 0 aliphatic rings. The second kappa shape index (κ2) is 3.88. The Morgan fingerprint density at radius 1 is 1.78 bits per heavy atom. The van der Waals surface area contributed by atoms with E-state index in [2.05, 4.69) is 9.84 Å². The first-order valence-electron chi connectivity index (χ1n) is 2.64. The molecule has 0 atom stereocenters. The summed E-state index contributed by atoms with van der Waals surface area (Å²) in [4.78, 5) is 10.5. The van der Waals surface area contributed by atoms with E-state index in [1.165, 1.54) is 6.92 Å². The van der Waals surface area contributed by atoms with Crippen molar-refractivity contribution in [2.45, 2.75) is 13.8 Å². The van der Waals surface area contributed by atoms with Crippen LogP contribution >= 0.6 is 0 Å². The molecule has 0 saturated carbocycles. The topological polar surface area (TPSA) is 64.7 Å². The van der Waals surface area contributed by atoms with Crippen molar-refractivity contribution in [3.05, 3.63) is 0 Å². The summed E-state index contributed by atoms with van der Waals surface area (Å²) >= 11 is 0. The predicted molar refractivity (Wildman–Crippen MR) is 33.9 cm³/mol. The molecule has 0 rings (SSSR count). The van der Waals surface area contributed by atoms with Crippen LogP contribution < -0.4 is 5.84 Å². The van der Waals surface area contributed by atoms with E-state index in [1.807, 2.05) is 0 Å². The minimum Gasteiger partial charge on any atom is -0.461 e. The van der Waals surface area contributed by atoms with Crippen LogP contribution in [0.2, 0.25) is 0 Å². The largest absolute Gasteiger partial charge is 0.461 e. The average Bonchev–Trinajstić information content (AvgIpc) is 1.87. The highest BCUT2D eigenvalue weighted by Crippen LogP contribution is 1.80. The van der Waals surface area contributed by atoms with E-state index in [9.17, 15) is 4.79 Å². The zero-order chi connectivity index (χ0) is 7.28. The Morgan fingerprint density at radius 2 is 2.33 bits per heavy atom. The first kappa shape index (κ1) is 7.94. The number of hydrogen-bond acceptors (Lipinski definition) is 4. The van der Waals surface area contributed by atoms with Crippen molar-refractivity contribution >= 4 is 11.7 Å². The number of nitrogens with two attached hydrogens (primary N) is 1. The molecule has 0 aliphatic carbocycles. The van der Waals surface area contributed by atoms with Crippen LogP contribution in [0.25, 0.3) is 0 Å². The molecule has 0 spiro atoms. The van der Waals surface area contributed by atoms with Gasteiger partial charge in [-0.15, -0.1) is 0 Å². The van der Waals surface area contributed by atoms with Crippen molar-refractivity contribution in [1.82, 2.24) is 0 Å². The molecule has 0 unspecified atom stereocenters. The van der Waals surface area contributed by atoms with Gasteiger partial charge in [-0.3, -0.25) is 0 Å². The maximum Gasteiger partial charge on any atom is 0.354 e. The van der Waals surface area contributed by atoms with E-state index >= 15 is 0 Å². The molecule has 4 heteroatoms. The molecule has 0 aromatic carbocycles. The number of hydrazone groups is 1. The molecule has 4 nitrogen and oxygen atoms in total. The first-order chi connectivity index (χ1) is 4.22. The summed E-state index contributed by atoms with van der Waals surface area (Å²) in [6, 6.07) is 0. The molecule has 2 N–H and O–H groups in total. The van der Waals surface area contributed by atoms with E-state index in [0.717, 1.165) is 0 Å². The Hall–Kier alpha value is -1.06. The van der Waals surface area contributed by atoms with Gasteiger partial charge in [-0.1, -0.05) is 0 Å². The zero-order valence-corrected chi connectivity index (χ0v) is 5.55. The van der Waals surface area contributed by atoms with Gasteiger partial charge in [0.1, 0.15) is 5.71 Å². The number of esters is 1. The lowest BCUT2D eigenvalue weighted by molar-refractivity contribution is -0.135. The van der Waals surface area contributed by atoms with E-state index in [0.29, 0.717) is 6.61 Å². The predicted octanol–water partition coefficient (Wildman–Crippen LogP) is -0.116. The van der Waals surface area contributed by atoms with Crippen LogP contribution in [-0.4, -0.2) is 18.3 Å². The highest BCUT2D eigenvalue weighted by atomic mass is 16.5. The minimum absolute atomic E-state index is 0.192. The zero-order valence-electron chi connectivity index (χ0n) is 5.55. The number of rotatable bonds is 2. The van der Waals surface area contributed by atoms with Gasteiger partial charge in [-0.25, -0.2) is 4.79 Å². The fourth-order valence-electron chi connectivity index (χ4n) is 0.288. The van der Waals surface area contributed by atoms with Gasteiger partial charge < -0.3 is 10.6 Å². The summed E-state index contributed by atoms with van der Waals surface area (Å²) in [5, 5.41) is 3.15. The standard InChI is InChI=1S/C5H10N2O2/c1-3-9-5(8)4(2)7-6/h3,6H2,1-2H3/b7-4-. The molecular weight excluding hydrogens is 120 g/mol. The lowest BCUT2D eigenvalue weighted by Crippen LogP contribution is -2.15. The second-order valence-corrected chi connectivity index (χ2v) is 1.43. The molecule has 0 bridgehead atoms. The summed E-state index contributed by atoms with van der Waals surface area (Å²) in [5.41, 5.74) is 0.192. The van der Waals surface area contributed by atoms with E-state index < -0.39 is 5.97 Å². The molecule has 0 aromatic heterocycles. The maximum atomic E-state index is 10.5. The third-order valence-electron chi connectivity index (χ3n) is 0.764. The van der Waals surface area contributed by atoms with Gasteiger partial charge in [0.25, 0.3) is 0 Å². The van der Waals surface area contributed by atoms with E-state index in [1.54, 1.807) is 6.92 Å². The molecule has 0 saturated heterocycles. The molecular formula is C5H10N2O2. The quantitative estimate of drug-likeness (QED) is 0.245. The van der Waals surface area contributed by atoms with Crippen LogP contribution in [0.3, 0.4) is 0 Å². The number of hydrogen-bond donors (Lipinski definition) is 1. The van der Waals surface area contributed by atoms with Crippen molar-refractivity contribution in [3.8, 4) is 0 Å². The van der Waals surface area contributed by atoms with Gasteiger partial charge in [-0.05, 0) is 13.8 Å². The third-order valence-corrected chi connectivity index (χ3v) is 0.764. The van der Waals surface area contributed by atoms with Gasteiger partial charge in [0.15, 0.2) is 0 Å². The van der Waals surface area contributed by atoms with Gasteiger partial charge in [0, 0.05) is 0 Å². The molecule has 52 valence electrons. The van der Waals surface area contributed by atoms with Crippen molar-refractivity contribution in [3.63, 3.8) is 0 Å². The van der Waals surface area contributed by atoms with Crippen LogP contribution in [-0.2, 0) is 9.53 Å². The lowest BCUT2D eigenvalue weighted by Gasteiger charge is -1.96. The summed E-state index contributed by atoms with van der Waals surface area (Å²) in [6.07, 6.45) is 0. The van der Waals surface area contributed by atoms with Crippen LogP contribution in [0, 0.1) is 0 Å².